The molecule has 0 aliphatic carbocycles. The number of aromatic amines is 1. The van der Waals surface area contributed by atoms with Crippen LogP contribution in [0.5, 0.6) is 0 Å². The summed E-state index contributed by atoms with van der Waals surface area (Å²) in [5.74, 6) is -2.52. The van der Waals surface area contributed by atoms with Gasteiger partial charge in [-0.2, -0.15) is 5.10 Å². The molecule has 0 aliphatic heterocycles. The van der Waals surface area contributed by atoms with Crippen LogP contribution in [-0.4, -0.2) is 38.8 Å². The molecule has 1 atom stereocenters. The molecule has 2 heterocycles. The third kappa shape index (κ3) is 4.24. The van der Waals surface area contributed by atoms with Crippen LogP contribution in [0.25, 0.3) is 11.4 Å². The van der Waals surface area contributed by atoms with E-state index in [-0.39, 0.29) is 12.0 Å². The molecule has 0 saturated carbocycles. The predicted octanol–water partition coefficient (Wildman–Crippen LogP) is 0.867. The maximum Gasteiger partial charge on any atom is 0.287 e. The first kappa shape index (κ1) is 18.0. The monoisotopic (exact) mass is 363 g/mol. The Bertz CT molecular complexity index is 954. The number of rotatable bonds is 7. The number of primary amides is 1. The van der Waals surface area contributed by atoms with E-state index in [1.807, 2.05) is 6.07 Å². The number of H-pyrrole nitrogens is 1. The number of pyridine rings is 1. The smallest absolute Gasteiger partial charge is 0.287 e. The van der Waals surface area contributed by atoms with Crippen molar-refractivity contribution >= 4 is 17.6 Å². The minimum absolute atomic E-state index is 0.144. The van der Waals surface area contributed by atoms with Gasteiger partial charge in [-0.1, -0.05) is 36.4 Å². The van der Waals surface area contributed by atoms with E-state index < -0.39 is 23.6 Å². The molecule has 0 spiro atoms. The number of nitrogens with one attached hydrogen (secondary N) is 2. The van der Waals surface area contributed by atoms with E-state index in [0.717, 1.165) is 5.56 Å². The molecule has 1 unspecified atom stereocenters. The van der Waals surface area contributed by atoms with Crippen molar-refractivity contribution in [2.75, 3.05) is 0 Å². The zero-order valence-corrected chi connectivity index (χ0v) is 14.3. The second-order valence-corrected chi connectivity index (χ2v) is 5.82. The molecule has 2 aromatic heterocycles. The summed E-state index contributed by atoms with van der Waals surface area (Å²) in [6.45, 7) is 0. The number of nitrogens with zero attached hydrogens (tertiary/aromatic N) is 2. The molecule has 8 heteroatoms. The Morgan fingerprint density at radius 1 is 1.07 bits per heavy atom. The van der Waals surface area contributed by atoms with Crippen molar-refractivity contribution in [2.24, 2.45) is 5.73 Å². The number of amides is 2. The summed E-state index contributed by atoms with van der Waals surface area (Å²) in [4.78, 5) is 40.5. The highest BCUT2D eigenvalue weighted by Gasteiger charge is 2.27. The van der Waals surface area contributed by atoms with E-state index in [2.05, 4.69) is 20.5 Å². The van der Waals surface area contributed by atoms with Gasteiger partial charge < -0.3 is 11.1 Å². The maximum absolute atomic E-state index is 12.7. The summed E-state index contributed by atoms with van der Waals surface area (Å²) in [6.07, 6.45) is 3.07. The van der Waals surface area contributed by atoms with Gasteiger partial charge in [0.25, 0.3) is 11.8 Å². The SMILES string of the molecule is NC(=O)C(=O)C(Cc1ccccc1)NC(=O)c1cn[nH]c1-c1ccccn1. The molecule has 27 heavy (non-hydrogen) atoms. The van der Waals surface area contributed by atoms with Crippen molar-refractivity contribution < 1.29 is 14.4 Å². The zero-order valence-electron chi connectivity index (χ0n) is 14.3. The van der Waals surface area contributed by atoms with Gasteiger partial charge in [-0.15, -0.1) is 0 Å². The predicted molar refractivity (Wildman–Crippen MR) is 97.4 cm³/mol. The first-order valence-electron chi connectivity index (χ1n) is 8.19. The van der Waals surface area contributed by atoms with Crippen LogP contribution in [0, 0.1) is 0 Å². The van der Waals surface area contributed by atoms with Crippen molar-refractivity contribution in [3.63, 3.8) is 0 Å². The first-order chi connectivity index (χ1) is 13.1. The highest BCUT2D eigenvalue weighted by atomic mass is 16.2. The van der Waals surface area contributed by atoms with Crippen LogP contribution in [0.4, 0.5) is 0 Å². The Balaban J connectivity index is 1.84. The zero-order chi connectivity index (χ0) is 19.2. The van der Waals surface area contributed by atoms with Crippen LogP contribution in [0.15, 0.2) is 60.9 Å². The Kier molecular flexibility index (Phi) is 5.36. The molecule has 1 aromatic carbocycles. The molecule has 0 saturated heterocycles. The van der Waals surface area contributed by atoms with E-state index in [0.29, 0.717) is 11.4 Å². The van der Waals surface area contributed by atoms with Crippen LogP contribution in [0.1, 0.15) is 15.9 Å². The summed E-state index contributed by atoms with van der Waals surface area (Å²) >= 11 is 0. The third-order valence-electron chi connectivity index (χ3n) is 3.95. The van der Waals surface area contributed by atoms with Crippen molar-refractivity contribution in [1.82, 2.24) is 20.5 Å². The lowest BCUT2D eigenvalue weighted by Gasteiger charge is -2.16. The Morgan fingerprint density at radius 3 is 2.48 bits per heavy atom. The lowest BCUT2D eigenvalue weighted by Crippen LogP contribution is -2.47. The molecule has 8 nitrogen and oxygen atoms in total. The standard InChI is InChI=1S/C19H17N5O3/c20-18(26)17(25)15(10-12-6-2-1-3-7-12)23-19(27)13-11-22-24-16(13)14-8-4-5-9-21-14/h1-9,11,15H,10H2,(H2,20,26)(H,22,24)(H,23,27). The summed E-state index contributed by atoms with van der Waals surface area (Å²) < 4.78 is 0. The van der Waals surface area contributed by atoms with E-state index >= 15 is 0 Å². The fraction of sp³-hybridized carbons (Fsp3) is 0.105. The minimum Gasteiger partial charge on any atom is -0.363 e. The van der Waals surface area contributed by atoms with Crippen molar-refractivity contribution in [1.29, 1.82) is 0 Å². The number of ketones is 1. The van der Waals surface area contributed by atoms with Gasteiger partial charge in [-0.25, -0.2) is 0 Å². The number of carbonyl (C=O) groups is 3. The Labute approximate surface area is 154 Å². The Hall–Kier alpha value is -3.81. The largest absolute Gasteiger partial charge is 0.363 e. The number of carbonyl (C=O) groups excluding carboxylic acids is 3. The molecule has 2 amide bonds. The van der Waals surface area contributed by atoms with Crippen molar-refractivity contribution in [3.8, 4) is 11.4 Å². The van der Waals surface area contributed by atoms with Crippen molar-refractivity contribution in [3.05, 3.63) is 72.1 Å². The second-order valence-electron chi connectivity index (χ2n) is 5.82. The van der Waals surface area contributed by atoms with Gasteiger partial charge in [0.2, 0.25) is 5.78 Å². The summed E-state index contributed by atoms with van der Waals surface area (Å²) in [7, 11) is 0. The number of hydrogen-bond donors (Lipinski definition) is 3. The quantitative estimate of drug-likeness (QED) is 0.536. The van der Waals surface area contributed by atoms with E-state index in [4.69, 9.17) is 5.73 Å². The molecule has 0 aliphatic rings. The fourth-order valence-corrected chi connectivity index (χ4v) is 2.63. The van der Waals surface area contributed by atoms with Crippen LogP contribution < -0.4 is 11.1 Å². The van der Waals surface area contributed by atoms with Gasteiger partial charge in [-0.3, -0.25) is 24.5 Å². The second kappa shape index (κ2) is 8.05. The van der Waals surface area contributed by atoms with Gasteiger partial charge >= 0.3 is 0 Å². The molecule has 136 valence electrons. The number of benzene rings is 1. The van der Waals surface area contributed by atoms with E-state index in [1.165, 1.54) is 6.20 Å². The van der Waals surface area contributed by atoms with E-state index in [9.17, 15) is 14.4 Å². The summed E-state index contributed by atoms with van der Waals surface area (Å²) in [6, 6.07) is 13.2. The molecular formula is C19H17N5O3. The first-order valence-corrected chi connectivity index (χ1v) is 8.19. The van der Waals surface area contributed by atoms with E-state index in [1.54, 1.807) is 48.7 Å². The van der Waals surface area contributed by atoms with Gasteiger partial charge in [0.05, 0.1) is 23.1 Å². The Morgan fingerprint density at radius 2 is 1.81 bits per heavy atom. The van der Waals surface area contributed by atoms with Crippen LogP contribution in [0.2, 0.25) is 0 Å². The molecule has 3 rings (SSSR count). The summed E-state index contributed by atoms with van der Waals surface area (Å²) in [5, 5.41) is 9.20. The highest BCUT2D eigenvalue weighted by Crippen LogP contribution is 2.18. The molecule has 0 fully saturated rings. The fourth-order valence-electron chi connectivity index (χ4n) is 2.63. The third-order valence-corrected chi connectivity index (χ3v) is 3.95. The number of hydrogen-bond acceptors (Lipinski definition) is 5. The lowest BCUT2D eigenvalue weighted by atomic mass is 10.0. The highest BCUT2D eigenvalue weighted by molar-refractivity contribution is 6.38. The topological polar surface area (TPSA) is 131 Å². The number of aromatic nitrogens is 3. The van der Waals surface area contributed by atoms with Gasteiger partial charge in [0.1, 0.15) is 6.04 Å². The maximum atomic E-state index is 12.7. The van der Waals surface area contributed by atoms with Crippen LogP contribution in [0.3, 0.4) is 0 Å². The number of Topliss-reactive ketones (excluding diaryl/α,β-unsaturated/α-hetero) is 1. The average Bonchev–Trinajstić information content (AvgIpc) is 3.18. The average molecular weight is 363 g/mol. The van der Waals surface area contributed by atoms with Gasteiger partial charge in [-0.05, 0) is 17.7 Å². The van der Waals surface area contributed by atoms with Crippen molar-refractivity contribution in [2.45, 2.75) is 12.5 Å². The number of nitrogens with two attached hydrogens (primary N) is 1. The van der Waals surface area contributed by atoms with Gasteiger partial charge in [0, 0.05) is 12.6 Å². The molecule has 3 aromatic rings. The molecule has 0 radical (unpaired) electrons. The molecule has 0 bridgehead atoms. The lowest BCUT2D eigenvalue weighted by molar-refractivity contribution is -0.137. The molecule has 4 N–H and O–H groups in total. The molecular weight excluding hydrogens is 346 g/mol. The summed E-state index contributed by atoms with van der Waals surface area (Å²) in [5.41, 5.74) is 7.08. The minimum atomic E-state index is -1.10. The van der Waals surface area contributed by atoms with Gasteiger partial charge in [0.15, 0.2) is 0 Å². The van der Waals surface area contributed by atoms with Crippen LogP contribution in [-0.2, 0) is 16.0 Å². The van der Waals surface area contributed by atoms with Crippen LogP contribution >= 0.6 is 0 Å². The normalized spacial score (nSPS) is 11.6.